The van der Waals surface area contributed by atoms with Gasteiger partial charge in [0.25, 0.3) is 0 Å². The first-order valence-corrected chi connectivity index (χ1v) is 9.90. The van der Waals surface area contributed by atoms with Crippen LogP contribution in [-0.4, -0.2) is 44.0 Å². The highest BCUT2D eigenvalue weighted by atomic mass is 35.5. The zero-order valence-electron chi connectivity index (χ0n) is 15.5. The molecule has 0 aliphatic rings. The summed E-state index contributed by atoms with van der Waals surface area (Å²) in [5.74, 6) is -1.45. The molecule has 1 N–H and O–H groups in total. The van der Waals surface area contributed by atoms with Gasteiger partial charge in [0.15, 0.2) is 6.10 Å². The SMILES string of the molecule is C[C@H](Oc1ccc(C(F)(F)F)cc1-c1ccc(S(=O)(=O)N(C)C)cc1Cl)C(=O)O. The van der Waals surface area contributed by atoms with Crippen LogP contribution in [0, 0.1) is 0 Å². The number of rotatable bonds is 6. The number of halogens is 4. The molecule has 0 radical (unpaired) electrons. The topological polar surface area (TPSA) is 83.9 Å². The third-order valence-electron chi connectivity index (χ3n) is 3.97. The molecule has 11 heteroatoms. The van der Waals surface area contributed by atoms with Gasteiger partial charge in [-0.3, -0.25) is 0 Å². The van der Waals surface area contributed by atoms with Crippen molar-refractivity contribution in [3.8, 4) is 16.9 Å². The van der Waals surface area contributed by atoms with E-state index in [1.165, 1.54) is 33.2 Å². The van der Waals surface area contributed by atoms with Crippen molar-refractivity contribution < 1.29 is 36.2 Å². The molecule has 2 rings (SSSR count). The molecule has 0 spiro atoms. The third kappa shape index (κ3) is 5.01. The average Bonchev–Trinajstić information content (AvgIpc) is 2.60. The van der Waals surface area contributed by atoms with Crippen LogP contribution in [-0.2, 0) is 21.0 Å². The van der Waals surface area contributed by atoms with Crippen LogP contribution in [0.4, 0.5) is 13.2 Å². The van der Waals surface area contributed by atoms with Gasteiger partial charge in [0, 0.05) is 30.2 Å². The Labute approximate surface area is 170 Å². The van der Waals surface area contributed by atoms with Crippen LogP contribution in [0.1, 0.15) is 12.5 Å². The Hall–Kier alpha value is -2.30. The Balaban J connectivity index is 2.66. The van der Waals surface area contributed by atoms with E-state index >= 15 is 0 Å². The fourth-order valence-electron chi connectivity index (χ4n) is 2.35. The van der Waals surface area contributed by atoms with Crippen molar-refractivity contribution in [3.05, 3.63) is 47.0 Å². The number of carboxylic acid groups (broad SMARTS) is 1. The number of ether oxygens (including phenoxy) is 1. The van der Waals surface area contributed by atoms with E-state index < -0.39 is 33.8 Å². The van der Waals surface area contributed by atoms with E-state index in [9.17, 15) is 26.4 Å². The number of alkyl halides is 3. The van der Waals surface area contributed by atoms with E-state index in [0.29, 0.717) is 0 Å². The first-order chi connectivity index (χ1) is 13.2. The molecule has 0 saturated carbocycles. The Morgan fingerprint density at radius 2 is 1.76 bits per heavy atom. The van der Waals surface area contributed by atoms with Crippen LogP contribution in [0.5, 0.6) is 5.75 Å². The average molecular weight is 452 g/mol. The van der Waals surface area contributed by atoms with Crippen LogP contribution in [0.15, 0.2) is 41.3 Å². The molecule has 0 fully saturated rings. The fourth-order valence-corrected chi connectivity index (χ4v) is 3.62. The highest BCUT2D eigenvalue weighted by Crippen LogP contribution is 2.40. The van der Waals surface area contributed by atoms with Crippen molar-refractivity contribution in [2.75, 3.05) is 14.1 Å². The van der Waals surface area contributed by atoms with Crippen LogP contribution >= 0.6 is 11.6 Å². The summed E-state index contributed by atoms with van der Waals surface area (Å²) in [4.78, 5) is 10.9. The lowest BCUT2D eigenvalue weighted by atomic mass is 10.0. The number of benzene rings is 2. The maximum Gasteiger partial charge on any atom is 0.416 e. The van der Waals surface area contributed by atoms with Gasteiger partial charge in [-0.15, -0.1) is 0 Å². The van der Waals surface area contributed by atoms with Crippen LogP contribution in [0.3, 0.4) is 0 Å². The molecule has 158 valence electrons. The van der Waals surface area contributed by atoms with E-state index in [-0.39, 0.29) is 26.8 Å². The monoisotopic (exact) mass is 451 g/mol. The van der Waals surface area contributed by atoms with E-state index in [1.54, 1.807) is 0 Å². The smallest absolute Gasteiger partial charge is 0.416 e. The number of nitrogens with zero attached hydrogens (tertiary/aromatic N) is 1. The summed E-state index contributed by atoms with van der Waals surface area (Å²) in [5, 5.41) is 8.88. The number of hydrogen-bond donors (Lipinski definition) is 1. The fraction of sp³-hybridized carbons (Fsp3) is 0.278. The quantitative estimate of drug-likeness (QED) is 0.714. The molecule has 2 aromatic rings. The lowest BCUT2D eigenvalue weighted by Crippen LogP contribution is -2.23. The lowest BCUT2D eigenvalue weighted by molar-refractivity contribution is -0.144. The zero-order valence-corrected chi connectivity index (χ0v) is 17.1. The maximum absolute atomic E-state index is 13.2. The molecular formula is C18H17ClF3NO5S. The van der Waals surface area contributed by atoms with Crippen molar-refractivity contribution in [1.29, 1.82) is 0 Å². The van der Waals surface area contributed by atoms with Crippen LogP contribution in [0.2, 0.25) is 5.02 Å². The summed E-state index contributed by atoms with van der Waals surface area (Å²) in [6, 6.07) is 6.07. The van der Waals surface area contributed by atoms with Gasteiger partial charge in [-0.25, -0.2) is 17.5 Å². The number of sulfonamides is 1. The van der Waals surface area contributed by atoms with Gasteiger partial charge in [0.05, 0.1) is 10.5 Å². The maximum atomic E-state index is 13.2. The summed E-state index contributed by atoms with van der Waals surface area (Å²) in [7, 11) is -1.16. The van der Waals surface area contributed by atoms with Crippen molar-refractivity contribution in [1.82, 2.24) is 4.31 Å². The first kappa shape index (κ1) is 23.0. The summed E-state index contributed by atoms with van der Waals surface area (Å²) in [5.41, 5.74) is -1.06. The molecule has 29 heavy (non-hydrogen) atoms. The molecule has 6 nitrogen and oxygen atoms in total. The molecule has 2 aromatic carbocycles. The van der Waals surface area contributed by atoms with Crippen LogP contribution < -0.4 is 4.74 Å². The Morgan fingerprint density at radius 3 is 2.24 bits per heavy atom. The Bertz CT molecular complexity index is 1040. The van der Waals surface area contributed by atoms with Gasteiger partial charge >= 0.3 is 12.1 Å². The van der Waals surface area contributed by atoms with E-state index in [4.69, 9.17) is 21.4 Å². The second kappa shape index (κ2) is 8.21. The highest BCUT2D eigenvalue weighted by molar-refractivity contribution is 7.89. The Morgan fingerprint density at radius 1 is 1.14 bits per heavy atom. The third-order valence-corrected chi connectivity index (χ3v) is 6.09. The number of aliphatic carboxylic acids is 1. The molecule has 0 bridgehead atoms. The molecule has 0 amide bonds. The molecule has 0 unspecified atom stereocenters. The van der Waals surface area contributed by atoms with Crippen molar-refractivity contribution >= 4 is 27.6 Å². The molecule has 0 aliphatic heterocycles. The molecule has 0 aliphatic carbocycles. The lowest BCUT2D eigenvalue weighted by Gasteiger charge is -2.18. The number of carboxylic acids is 1. The standard InChI is InChI=1S/C18H17ClF3NO5S/c1-10(17(24)25)28-16-7-4-11(18(20,21)22)8-14(16)13-6-5-12(9-15(13)19)29(26,27)23(2)3/h4-10H,1-3H3,(H,24,25)/t10-/m0/s1. The second-order valence-corrected chi connectivity index (χ2v) is 8.80. The second-order valence-electron chi connectivity index (χ2n) is 6.24. The van der Waals surface area contributed by atoms with E-state index in [2.05, 4.69) is 0 Å². The number of hydrogen-bond acceptors (Lipinski definition) is 4. The van der Waals surface area contributed by atoms with E-state index in [1.807, 2.05) is 0 Å². The minimum absolute atomic E-state index is 0.0584. The predicted molar refractivity (Wildman–Crippen MR) is 100 cm³/mol. The summed E-state index contributed by atoms with van der Waals surface area (Å²) < 4.78 is 70.2. The van der Waals surface area contributed by atoms with Crippen molar-refractivity contribution in [2.24, 2.45) is 0 Å². The van der Waals surface area contributed by atoms with Gasteiger partial charge < -0.3 is 9.84 Å². The summed E-state index contributed by atoms with van der Waals surface area (Å²) in [6.45, 7) is 1.22. The Kier molecular flexibility index (Phi) is 6.51. The van der Waals surface area contributed by atoms with Crippen molar-refractivity contribution in [2.45, 2.75) is 24.1 Å². The van der Waals surface area contributed by atoms with E-state index in [0.717, 1.165) is 28.6 Å². The molecule has 1 atom stereocenters. The summed E-state index contributed by atoms with van der Waals surface area (Å²) >= 11 is 6.18. The van der Waals surface area contributed by atoms with Gasteiger partial charge in [0.2, 0.25) is 10.0 Å². The zero-order chi connectivity index (χ0) is 22.1. The molecule has 0 aromatic heterocycles. The predicted octanol–water partition coefficient (Wildman–Crippen LogP) is 4.13. The molecule has 0 heterocycles. The van der Waals surface area contributed by atoms with Gasteiger partial charge in [-0.2, -0.15) is 13.2 Å². The molecular weight excluding hydrogens is 435 g/mol. The van der Waals surface area contributed by atoms with Crippen LogP contribution in [0.25, 0.3) is 11.1 Å². The summed E-state index contributed by atoms with van der Waals surface area (Å²) in [6.07, 6.45) is -6.00. The number of carbonyl (C=O) groups is 1. The minimum atomic E-state index is -4.66. The molecule has 0 saturated heterocycles. The normalized spacial score (nSPS) is 13.4. The highest BCUT2D eigenvalue weighted by Gasteiger charge is 2.32. The largest absolute Gasteiger partial charge is 0.479 e. The van der Waals surface area contributed by atoms with Crippen molar-refractivity contribution in [3.63, 3.8) is 0 Å². The first-order valence-electron chi connectivity index (χ1n) is 8.08. The van der Waals surface area contributed by atoms with Gasteiger partial charge in [-0.1, -0.05) is 17.7 Å². The van der Waals surface area contributed by atoms with Gasteiger partial charge in [-0.05, 0) is 37.3 Å². The van der Waals surface area contributed by atoms with Gasteiger partial charge in [0.1, 0.15) is 5.75 Å². The minimum Gasteiger partial charge on any atom is -0.479 e.